The lowest BCUT2D eigenvalue weighted by molar-refractivity contribution is 0.282. The van der Waals surface area contributed by atoms with Crippen LogP contribution in [0.1, 0.15) is 5.56 Å². The van der Waals surface area contributed by atoms with Crippen molar-refractivity contribution >= 4 is 12.6 Å². The van der Waals surface area contributed by atoms with Gasteiger partial charge >= 0.3 is 7.12 Å². The van der Waals surface area contributed by atoms with Crippen LogP contribution >= 0.6 is 0 Å². The number of benzene rings is 1. The molecule has 0 radical (unpaired) electrons. The zero-order chi connectivity index (χ0) is 8.27. The van der Waals surface area contributed by atoms with Crippen molar-refractivity contribution in [1.82, 2.24) is 0 Å². The summed E-state index contributed by atoms with van der Waals surface area (Å²) in [5.41, 5.74) is 0.900. The molecule has 5 nitrogen and oxygen atoms in total. The van der Waals surface area contributed by atoms with Crippen LogP contribution in [0.3, 0.4) is 0 Å². The Balaban J connectivity index is 0. The van der Waals surface area contributed by atoms with E-state index in [4.69, 9.17) is 15.2 Å². The molecule has 74 valence electrons. The van der Waals surface area contributed by atoms with Crippen molar-refractivity contribution in [2.24, 2.45) is 0 Å². The molecule has 0 amide bonds. The van der Waals surface area contributed by atoms with E-state index < -0.39 is 7.12 Å². The molecular weight excluding hydrogens is 175 g/mol. The first-order valence-corrected chi connectivity index (χ1v) is 3.30. The third-order valence-electron chi connectivity index (χ3n) is 1.50. The third-order valence-corrected chi connectivity index (χ3v) is 1.50. The molecule has 0 saturated carbocycles. The molecule has 0 unspecified atom stereocenters. The molecule has 7 N–H and O–H groups in total. The zero-order valence-corrected chi connectivity index (χ0v) is 6.94. The second-order valence-corrected chi connectivity index (χ2v) is 2.23. The van der Waals surface area contributed by atoms with Crippen LogP contribution in [0.25, 0.3) is 0 Å². The Bertz CT molecular complexity index is 240. The second-order valence-electron chi connectivity index (χ2n) is 2.23. The molecule has 0 spiro atoms. The van der Waals surface area contributed by atoms with Gasteiger partial charge in [0.25, 0.3) is 0 Å². The largest absolute Gasteiger partial charge is 0.488 e. The van der Waals surface area contributed by atoms with Gasteiger partial charge in [0.2, 0.25) is 0 Å². The van der Waals surface area contributed by atoms with E-state index in [0.29, 0.717) is 11.0 Å². The van der Waals surface area contributed by atoms with E-state index in [1.807, 2.05) is 0 Å². The number of aliphatic hydroxyl groups excluding tert-OH is 1. The topological polar surface area (TPSA) is 124 Å². The van der Waals surface area contributed by atoms with Gasteiger partial charge in [0, 0.05) is 0 Å². The van der Waals surface area contributed by atoms with Gasteiger partial charge in [-0.25, -0.2) is 0 Å². The standard InChI is InChI=1S/C7H9BO3.2H2O/c9-5-6-3-1-2-4-7(6)8(10)11;;/h1-4,9-11H,5H2;2*1H2. The van der Waals surface area contributed by atoms with Gasteiger partial charge < -0.3 is 26.1 Å². The van der Waals surface area contributed by atoms with E-state index in [9.17, 15) is 0 Å². The van der Waals surface area contributed by atoms with Crippen LogP contribution in [0.4, 0.5) is 0 Å². The molecular formula is C7H13BO5. The lowest BCUT2D eigenvalue weighted by Gasteiger charge is -2.03. The van der Waals surface area contributed by atoms with E-state index in [-0.39, 0.29) is 17.6 Å². The lowest BCUT2D eigenvalue weighted by atomic mass is 9.77. The van der Waals surface area contributed by atoms with E-state index in [0.717, 1.165) is 0 Å². The molecule has 1 aromatic carbocycles. The molecule has 0 atom stereocenters. The predicted molar refractivity (Wildman–Crippen MR) is 49.4 cm³/mol. The van der Waals surface area contributed by atoms with Crippen molar-refractivity contribution in [2.75, 3.05) is 0 Å². The zero-order valence-electron chi connectivity index (χ0n) is 6.94. The first-order chi connectivity index (χ1) is 5.25. The summed E-state index contributed by atoms with van der Waals surface area (Å²) in [5, 5.41) is 26.3. The summed E-state index contributed by atoms with van der Waals surface area (Å²) >= 11 is 0. The van der Waals surface area contributed by atoms with Gasteiger partial charge in [-0.3, -0.25) is 0 Å². The van der Waals surface area contributed by atoms with Gasteiger partial charge in [-0.2, -0.15) is 0 Å². The summed E-state index contributed by atoms with van der Waals surface area (Å²) in [6, 6.07) is 6.64. The number of aliphatic hydroxyl groups is 1. The van der Waals surface area contributed by atoms with Gasteiger partial charge in [-0.05, 0) is 11.0 Å². The number of hydrogen-bond donors (Lipinski definition) is 3. The highest BCUT2D eigenvalue weighted by molar-refractivity contribution is 6.59. The molecule has 0 saturated heterocycles. The Labute approximate surface area is 76.0 Å². The first-order valence-electron chi connectivity index (χ1n) is 3.30. The van der Waals surface area contributed by atoms with Gasteiger partial charge in [-0.15, -0.1) is 0 Å². The molecule has 0 aliphatic heterocycles. The summed E-state index contributed by atoms with van der Waals surface area (Å²) in [6.07, 6.45) is 0. The molecule has 0 fully saturated rings. The highest BCUT2D eigenvalue weighted by atomic mass is 16.4. The Kier molecular flexibility index (Phi) is 7.40. The lowest BCUT2D eigenvalue weighted by Crippen LogP contribution is -2.32. The number of rotatable bonds is 2. The minimum absolute atomic E-state index is 0. The summed E-state index contributed by atoms with van der Waals surface area (Å²) < 4.78 is 0. The quantitative estimate of drug-likeness (QED) is 0.434. The third kappa shape index (κ3) is 3.54. The predicted octanol–water partition coefficient (Wildman–Crippen LogP) is -2.79. The molecule has 1 rings (SSSR count). The normalized spacial score (nSPS) is 8.23. The average molecular weight is 188 g/mol. The smallest absolute Gasteiger partial charge is 0.423 e. The van der Waals surface area contributed by atoms with Gasteiger partial charge in [0.15, 0.2) is 0 Å². The van der Waals surface area contributed by atoms with Crippen molar-refractivity contribution < 1.29 is 26.1 Å². The molecule has 1 aromatic rings. The maximum absolute atomic E-state index is 8.78. The highest BCUT2D eigenvalue weighted by Gasteiger charge is 2.13. The van der Waals surface area contributed by atoms with Crippen LogP contribution < -0.4 is 5.46 Å². The molecule has 0 aliphatic carbocycles. The van der Waals surface area contributed by atoms with Crippen LogP contribution in [0.15, 0.2) is 24.3 Å². The van der Waals surface area contributed by atoms with Crippen molar-refractivity contribution in [1.29, 1.82) is 0 Å². The molecule has 13 heavy (non-hydrogen) atoms. The highest BCUT2D eigenvalue weighted by Crippen LogP contribution is 1.95. The van der Waals surface area contributed by atoms with Gasteiger partial charge in [0.1, 0.15) is 0 Å². The number of hydrogen-bond acceptors (Lipinski definition) is 3. The minimum atomic E-state index is -1.50. The molecule has 0 aromatic heterocycles. The Morgan fingerprint density at radius 3 is 2.00 bits per heavy atom. The van der Waals surface area contributed by atoms with Crippen LogP contribution in [0.5, 0.6) is 0 Å². The van der Waals surface area contributed by atoms with Gasteiger partial charge in [0.05, 0.1) is 6.61 Å². The average Bonchev–Trinajstić information content (AvgIpc) is 2.04. The summed E-state index contributed by atoms with van der Waals surface area (Å²) in [5.74, 6) is 0. The van der Waals surface area contributed by atoms with Crippen molar-refractivity contribution in [2.45, 2.75) is 6.61 Å². The summed E-state index contributed by atoms with van der Waals surface area (Å²) in [6.45, 7) is -0.173. The minimum Gasteiger partial charge on any atom is -0.423 e. The summed E-state index contributed by atoms with van der Waals surface area (Å²) in [4.78, 5) is 0. The fourth-order valence-corrected chi connectivity index (χ4v) is 0.930. The molecule has 0 bridgehead atoms. The molecule has 0 heterocycles. The Morgan fingerprint density at radius 2 is 1.62 bits per heavy atom. The van der Waals surface area contributed by atoms with Crippen molar-refractivity contribution in [3.8, 4) is 0 Å². The molecule has 0 aliphatic rings. The summed E-state index contributed by atoms with van der Waals surface area (Å²) in [7, 11) is -1.50. The van der Waals surface area contributed by atoms with Crippen molar-refractivity contribution in [3.05, 3.63) is 29.8 Å². The first kappa shape index (κ1) is 14.6. The van der Waals surface area contributed by atoms with Crippen LogP contribution in [0, 0.1) is 0 Å². The van der Waals surface area contributed by atoms with E-state index in [1.165, 1.54) is 0 Å². The van der Waals surface area contributed by atoms with E-state index in [2.05, 4.69) is 0 Å². The van der Waals surface area contributed by atoms with Crippen molar-refractivity contribution in [3.63, 3.8) is 0 Å². The second kappa shape index (κ2) is 6.58. The maximum atomic E-state index is 8.78. The fourth-order valence-electron chi connectivity index (χ4n) is 0.930. The van der Waals surface area contributed by atoms with Crippen LogP contribution in [0.2, 0.25) is 0 Å². The Morgan fingerprint density at radius 1 is 1.08 bits per heavy atom. The van der Waals surface area contributed by atoms with Gasteiger partial charge in [-0.1, -0.05) is 24.3 Å². The van der Waals surface area contributed by atoms with E-state index in [1.54, 1.807) is 24.3 Å². The maximum Gasteiger partial charge on any atom is 0.488 e. The monoisotopic (exact) mass is 188 g/mol. The van der Waals surface area contributed by atoms with E-state index >= 15 is 0 Å². The molecule has 6 heteroatoms. The fraction of sp³-hybridized carbons (Fsp3) is 0.143. The Hall–Kier alpha value is -0.915. The van der Waals surface area contributed by atoms with Crippen LogP contribution in [-0.2, 0) is 6.61 Å². The van der Waals surface area contributed by atoms with Crippen LogP contribution in [-0.4, -0.2) is 33.2 Å². The SMILES string of the molecule is O.O.OCc1ccccc1B(O)O.